The van der Waals surface area contributed by atoms with E-state index in [0.29, 0.717) is 12.1 Å². The molecule has 2 aromatic rings. The van der Waals surface area contributed by atoms with E-state index in [1.807, 2.05) is 4.72 Å². The second kappa shape index (κ2) is 6.38. The first-order valence-corrected chi connectivity index (χ1v) is 8.13. The fourth-order valence-corrected chi connectivity index (χ4v) is 3.46. The molecule has 23 heavy (non-hydrogen) atoms. The molecule has 0 saturated heterocycles. The van der Waals surface area contributed by atoms with Crippen LogP contribution in [0.1, 0.15) is 0 Å². The Kier molecular flexibility index (Phi) is 4.88. The summed E-state index contributed by atoms with van der Waals surface area (Å²) in [5.74, 6) is -3.66. The highest BCUT2D eigenvalue weighted by Gasteiger charge is 2.24. The van der Waals surface area contributed by atoms with E-state index in [9.17, 15) is 22.3 Å². The molecule has 0 bridgehead atoms. The molecule has 124 valence electrons. The van der Waals surface area contributed by atoms with E-state index >= 15 is 0 Å². The van der Waals surface area contributed by atoms with Crippen LogP contribution in [0.2, 0.25) is 10.0 Å². The summed E-state index contributed by atoms with van der Waals surface area (Å²) in [4.78, 5) is -0.972. The van der Waals surface area contributed by atoms with Crippen LogP contribution < -0.4 is 9.46 Å². The Labute approximate surface area is 140 Å². The third-order valence-electron chi connectivity index (χ3n) is 2.77. The third-order valence-corrected chi connectivity index (χ3v) is 4.76. The summed E-state index contributed by atoms with van der Waals surface area (Å²) in [5.41, 5.74) is -0.142. The van der Waals surface area contributed by atoms with Crippen LogP contribution in [-0.4, -0.2) is 20.6 Å². The summed E-state index contributed by atoms with van der Waals surface area (Å²) in [6, 6.07) is 3.25. The van der Waals surface area contributed by atoms with Gasteiger partial charge in [0.25, 0.3) is 10.0 Å². The molecule has 0 aliphatic heterocycles. The zero-order valence-corrected chi connectivity index (χ0v) is 13.7. The second-order valence-electron chi connectivity index (χ2n) is 4.31. The maximum Gasteiger partial charge on any atom is 0.265 e. The number of sulfonamides is 1. The topological polar surface area (TPSA) is 75.6 Å². The van der Waals surface area contributed by atoms with E-state index in [2.05, 4.69) is 0 Å². The molecule has 0 atom stereocenters. The monoisotopic (exact) mass is 383 g/mol. The van der Waals surface area contributed by atoms with Crippen LogP contribution in [0.5, 0.6) is 11.5 Å². The highest BCUT2D eigenvalue weighted by molar-refractivity contribution is 7.92. The van der Waals surface area contributed by atoms with Gasteiger partial charge in [0.2, 0.25) is 0 Å². The van der Waals surface area contributed by atoms with E-state index in [1.165, 1.54) is 19.2 Å². The number of anilines is 1. The van der Waals surface area contributed by atoms with Gasteiger partial charge in [0.15, 0.2) is 11.6 Å². The van der Waals surface area contributed by atoms with Crippen LogP contribution in [0.15, 0.2) is 29.2 Å². The molecule has 0 aliphatic rings. The first-order chi connectivity index (χ1) is 10.7. The largest absolute Gasteiger partial charge is 0.504 e. The number of phenols is 1. The van der Waals surface area contributed by atoms with E-state index in [-0.39, 0.29) is 21.5 Å². The Morgan fingerprint density at radius 2 is 1.78 bits per heavy atom. The van der Waals surface area contributed by atoms with Crippen LogP contribution in [0.3, 0.4) is 0 Å². The smallest absolute Gasteiger partial charge is 0.265 e. The standard InChI is InChI=1S/C13H9Cl2F2NO4S/c1-22-11-5-10(7(14)4-8(11)15)18-23(20,21)12-3-6(16)2-9(17)13(12)19/h2-5,18-19H,1H3. The van der Waals surface area contributed by atoms with Crippen LogP contribution in [0.25, 0.3) is 0 Å². The SMILES string of the molecule is COc1cc(NS(=O)(=O)c2cc(F)cc(F)c2O)c(Cl)cc1Cl. The van der Waals surface area contributed by atoms with Gasteiger partial charge in [-0.05, 0) is 12.1 Å². The number of methoxy groups -OCH3 is 1. The Morgan fingerprint density at radius 3 is 2.39 bits per heavy atom. The van der Waals surface area contributed by atoms with Gasteiger partial charge in [-0.1, -0.05) is 23.2 Å². The van der Waals surface area contributed by atoms with Crippen molar-refractivity contribution in [1.29, 1.82) is 0 Å². The lowest BCUT2D eigenvalue weighted by molar-refractivity contribution is 0.412. The number of benzene rings is 2. The lowest BCUT2D eigenvalue weighted by atomic mass is 10.3. The zero-order valence-electron chi connectivity index (χ0n) is 11.4. The van der Waals surface area contributed by atoms with Crippen molar-refractivity contribution in [3.63, 3.8) is 0 Å². The highest BCUT2D eigenvalue weighted by atomic mass is 35.5. The minimum absolute atomic E-state index is 0.0734. The molecule has 0 amide bonds. The predicted octanol–water partition coefficient (Wildman–Crippen LogP) is 3.79. The first kappa shape index (κ1) is 17.6. The Bertz CT molecular complexity index is 875. The first-order valence-electron chi connectivity index (χ1n) is 5.89. The van der Waals surface area contributed by atoms with Gasteiger partial charge >= 0.3 is 0 Å². The second-order valence-corrected chi connectivity index (χ2v) is 6.77. The van der Waals surface area contributed by atoms with Crippen LogP contribution in [0, 0.1) is 11.6 Å². The van der Waals surface area contributed by atoms with Gasteiger partial charge in [-0.15, -0.1) is 0 Å². The van der Waals surface area contributed by atoms with Crippen molar-refractivity contribution < 1.29 is 27.0 Å². The number of halogens is 4. The summed E-state index contributed by atoms with van der Waals surface area (Å²) in [6.07, 6.45) is 0. The van der Waals surface area contributed by atoms with Crippen molar-refractivity contribution in [2.24, 2.45) is 0 Å². The number of rotatable bonds is 4. The van der Waals surface area contributed by atoms with Gasteiger partial charge in [0.1, 0.15) is 16.5 Å². The van der Waals surface area contributed by atoms with Crippen molar-refractivity contribution in [3.8, 4) is 11.5 Å². The van der Waals surface area contributed by atoms with E-state index < -0.39 is 32.3 Å². The maximum atomic E-state index is 13.3. The zero-order chi connectivity index (χ0) is 17.4. The minimum Gasteiger partial charge on any atom is -0.504 e. The maximum absolute atomic E-state index is 13.3. The number of nitrogens with one attached hydrogen (secondary N) is 1. The van der Waals surface area contributed by atoms with Crippen molar-refractivity contribution in [3.05, 3.63) is 45.9 Å². The summed E-state index contributed by atoms with van der Waals surface area (Å²) in [7, 11) is -3.21. The van der Waals surface area contributed by atoms with Gasteiger partial charge in [-0.25, -0.2) is 17.2 Å². The predicted molar refractivity (Wildman–Crippen MR) is 81.8 cm³/mol. The Morgan fingerprint density at radius 1 is 1.13 bits per heavy atom. The summed E-state index contributed by atoms with van der Waals surface area (Å²) >= 11 is 11.7. The van der Waals surface area contributed by atoms with Crippen molar-refractivity contribution in [1.82, 2.24) is 0 Å². The van der Waals surface area contributed by atoms with Crippen molar-refractivity contribution in [2.75, 3.05) is 11.8 Å². The van der Waals surface area contributed by atoms with Crippen LogP contribution >= 0.6 is 23.2 Å². The van der Waals surface area contributed by atoms with Gasteiger partial charge in [0, 0.05) is 12.1 Å². The molecule has 2 rings (SSSR count). The fourth-order valence-electron chi connectivity index (χ4n) is 1.71. The Hall–Kier alpha value is -1.77. The molecule has 5 nitrogen and oxygen atoms in total. The molecule has 2 aromatic carbocycles. The highest BCUT2D eigenvalue weighted by Crippen LogP contribution is 2.36. The molecule has 0 aliphatic carbocycles. The Balaban J connectivity index is 2.51. The average Bonchev–Trinajstić information content (AvgIpc) is 2.45. The molecule has 0 heterocycles. The molecular formula is C13H9Cl2F2NO4S. The quantitative estimate of drug-likeness (QED) is 0.841. The van der Waals surface area contributed by atoms with Gasteiger partial charge in [-0.3, -0.25) is 4.72 Å². The summed E-state index contributed by atoms with van der Waals surface area (Å²) < 4.78 is 57.9. The van der Waals surface area contributed by atoms with E-state index in [0.717, 1.165) is 0 Å². The number of hydrogen-bond donors (Lipinski definition) is 2. The van der Waals surface area contributed by atoms with Crippen LogP contribution in [0.4, 0.5) is 14.5 Å². The van der Waals surface area contributed by atoms with Crippen molar-refractivity contribution in [2.45, 2.75) is 4.90 Å². The summed E-state index contributed by atoms with van der Waals surface area (Å²) in [5, 5.41) is 9.58. The van der Waals surface area contributed by atoms with Crippen molar-refractivity contribution >= 4 is 38.9 Å². The van der Waals surface area contributed by atoms with E-state index in [4.69, 9.17) is 27.9 Å². The number of phenolic OH excluding ortho intramolecular Hbond substituents is 1. The van der Waals surface area contributed by atoms with Gasteiger partial charge < -0.3 is 9.84 Å². The molecular weight excluding hydrogens is 375 g/mol. The summed E-state index contributed by atoms with van der Waals surface area (Å²) in [6.45, 7) is 0. The number of aromatic hydroxyl groups is 1. The molecule has 0 saturated carbocycles. The lowest BCUT2D eigenvalue weighted by Gasteiger charge is -2.13. The molecule has 0 aromatic heterocycles. The van der Waals surface area contributed by atoms with Gasteiger partial charge in [0.05, 0.1) is 22.8 Å². The molecule has 0 spiro atoms. The average molecular weight is 384 g/mol. The molecule has 0 fully saturated rings. The molecule has 2 N–H and O–H groups in total. The van der Waals surface area contributed by atoms with Gasteiger partial charge in [-0.2, -0.15) is 0 Å². The lowest BCUT2D eigenvalue weighted by Crippen LogP contribution is -2.14. The molecule has 0 unspecified atom stereocenters. The van der Waals surface area contributed by atoms with Crippen LogP contribution in [-0.2, 0) is 10.0 Å². The fraction of sp³-hybridized carbons (Fsp3) is 0.0769. The minimum atomic E-state index is -4.51. The molecule has 0 radical (unpaired) electrons. The normalized spacial score (nSPS) is 11.3. The molecule has 10 heteroatoms. The third kappa shape index (κ3) is 3.60. The van der Waals surface area contributed by atoms with E-state index in [1.54, 1.807) is 0 Å². The number of ether oxygens (including phenoxy) is 1. The number of hydrogen-bond acceptors (Lipinski definition) is 4.